The van der Waals surface area contributed by atoms with Crippen molar-refractivity contribution >= 4 is 23.4 Å². The summed E-state index contributed by atoms with van der Waals surface area (Å²) < 4.78 is 0. The first-order valence-electron chi connectivity index (χ1n) is 3.47. The molecule has 0 heterocycles. The van der Waals surface area contributed by atoms with Crippen LogP contribution in [0.1, 0.15) is 10.4 Å². The molecule has 0 aliphatic rings. The summed E-state index contributed by atoms with van der Waals surface area (Å²) in [6, 6.07) is 4.60. The van der Waals surface area contributed by atoms with E-state index < -0.39 is 5.97 Å². The summed E-state index contributed by atoms with van der Waals surface area (Å²) in [5.41, 5.74) is 0.530. The largest absolute Gasteiger partial charge is 0.478 e. The lowest BCUT2D eigenvalue weighted by atomic mass is 10.2. The number of carbonyl (C=O) groups is 1. The van der Waals surface area contributed by atoms with E-state index in [9.17, 15) is 4.79 Å². The Labute approximate surface area is 80.2 Å². The topological polar surface area (TPSA) is 41.7 Å². The first kappa shape index (κ1) is 9.62. The third-order valence-electron chi connectivity index (χ3n) is 1.50. The van der Waals surface area contributed by atoms with Crippen molar-refractivity contribution in [2.75, 3.05) is 6.26 Å². The van der Waals surface area contributed by atoms with Crippen LogP contribution in [0.4, 0.5) is 5.69 Å². The second-order valence-electron chi connectivity index (χ2n) is 2.34. The molecule has 0 saturated carbocycles. The van der Waals surface area contributed by atoms with Gasteiger partial charge in [0, 0.05) is 0 Å². The number of rotatable bonds is 2. The maximum atomic E-state index is 10.6. The van der Waals surface area contributed by atoms with E-state index in [1.165, 1.54) is 17.8 Å². The Morgan fingerprint density at radius 1 is 1.54 bits per heavy atom. The van der Waals surface area contributed by atoms with E-state index in [0.29, 0.717) is 5.69 Å². The molecular weight excluding hydrogens is 186 g/mol. The molecule has 0 atom stereocenters. The molecule has 0 aromatic heterocycles. The smallest absolute Gasteiger partial charge is 0.334 e. The van der Waals surface area contributed by atoms with Gasteiger partial charge < -0.3 is 5.11 Å². The number of thioether (sulfide) groups is 1. The molecule has 1 aromatic carbocycles. The van der Waals surface area contributed by atoms with Gasteiger partial charge in [-0.05, 0) is 29.4 Å². The van der Waals surface area contributed by atoms with Crippen molar-refractivity contribution in [3.63, 3.8) is 0 Å². The van der Waals surface area contributed by atoms with E-state index in [0.717, 1.165) is 4.90 Å². The second-order valence-corrected chi connectivity index (χ2v) is 3.22. The fraction of sp³-hybridized carbons (Fsp3) is 0.111. The molecule has 4 heteroatoms. The molecule has 66 valence electrons. The summed E-state index contributed by atoms with van der Waals surface area (Å²) in [5, 5.41) is 8.71. The summed E-state index contributed by atoms with van der Waals surface area (Å²) in [4.78, 5) is 14.6. The van der Waals surface area contributed by atoms with Crippen LogP contribution in [0.5, 0.6) is 0 Å². The Morgan fingerprint density at radius 3 is 2.69 bits per heavy atom. The quantitative estimate of drug-likeness (QED) is 0.580. The van der Waals surface area contributed by atoms with Crippen molar-refractivity contribution < 1.29 is 9.90 Å². The highest BCUT2D eigenvalue weighted by atomic mass is 32.2. The molecule has 0 radical (unpaired) electrons. The molecule has 0 amide bonds. The summed E-state index contributed by atoms with van der Waals surface area (Å²) in [6.45, 7) is 6.78. The maximum absolute atomic E-state index is 10.6. The standard InChI is InChI=1S/C9H7NO2S/c1-10-7-3-6(9(11)12)4-8(5-7)13-2/h3-5H,2H3,(H,11,12). The van der Waals surface area contributed by atoms with Gasteiger partial charge >= 0.3 is 5.97 Å². The van der Waals surface area contributed by atoms with Gasteiger partial charge in [-0.2, -0.15) is 0 Å². The predicted octanol–water partition coefficient (Wildman–Crippen LogP) is 2.66. The van der Waals surface area contributed by atoms with Crippen molar-refractivity contribution in [2.45, 2.75) is 4.90 Å². The number of aromatic carboxylic acids is 1. The highest BCUT2D eigenvalue weighted by Crippen LogP contribution is 2.23. The Hall–Kier alpha value is -1.47. The van der Waals surface area contributed by atoms with Crippen LogP contribution >= 0.6 is 11.8 Å². The fourth-order valence-corrected chi connectivity index (χ4v) is 1.37. The molecule has 0 bridgehead atoms. The molecule has 0 unspecified atom stereocenters. The second kappa shape index (κ2) is 3.97. The number of carboxylic acids is 1. The molecule has 0 fully saturated rings. The van der Waals surface area contributed by atoms with Gasteiger partial charge in [0.05, 0.1) is 12.1 Å². The number of hydrogen-bond donors (Lipinski definition) is 1. The zero-order valence-corrected chi connectivity index (χ0v) is 7.76. The zero-order chi connectivity index (χ0) is 9.84. The third kappa shape index (κ3) is 2.23. The normalized spacial score (nSPS) is 9.23. The number of benzene rings is 1. The van der Waals surface area contributed by atoms with Crippen LogP contribution in [0.25, 0.3) is 4.85 Å². The third-order valence-corrected chi connectivity index (χ3v) is 2.21. The van der Waals surface area contributed by atoms with E-state index in [1.54, 1.807) is 12.1 Å². The summed E-state index contributed by atoms with van der Waals surface area (Å²) in [5.74, 6) is -0.999. The van der Waals surface area contributed by atoms with E-state index in [-0.39, 0.29) is 5.56 Å². The van der Waals surface area contributed by atoms with E-state index in [2.05, 4.69) is 4.85 Å². The van der Waals surface area contributed by atoms with Gasteiger partial charge in [-0.25, -0.2) is 9.64 Å². The van der Waals surface area contributed by atoms with Crippen LogP contribution in [-0.4, -0.2) is 17.3 Å². The minimum atomic E-state index is -0.999. The van der Waals surface area contributed by atoms with Crippen LogP contribution in [0, 0.1) is 6.57 Å². The van der Waals surface area contributed by atoms with E-state index in [4.69, 9.17) is 11.7 Å². The van der Waals surface area contributed by atoms with Gasteiger partial charge in [0.2, 0.25) is 0 Å². The van der Waals surface area contributed by atoms with Crippen LogP contribution in [0.2, 0.25) is 0 Å². The number of carboxylic acid groups (broad SMARTS) is 1. The lowest BCUT2D eigenvalue weighted by molar-refractivity contribution is 0.0696. The molecule has 0 saturated heterocycles. The molecule has 0 aliphatic heterocycles. The fourth-order valence-electron chi connectivity index (χ4n) is 0.889. The Balaban J connectivity index is 3.24. The first-order chi connectivity index (χ1) is 6.17. The predicted molar refractivity (Wildman–Crippen MR) is 51.4 cm³/mol. The molecule has 3 nitrogen and oxygen atoms in total. The van der Waals surface area contributed by atoms with Crippen molar-refractivity contribution in [3.05, 3.63) is 35.2 Å². The Bertz CT molecular complexity index is 382. The van der Waals surface area contributed by atoms with Crippen LogP contribution in [0.15, 0.2) is 23.1 Å². The highest BCUT2D eigenvalue weighted by Gasteiger charge is 2.05. The SMILES string of the molecule is [C-]#[N+]c1cc(SC)cc(C(=O)O)c1. The summed E-state index contributed by atoms with van der Waals surface area (Å²) in [6.07, 6.45) is 1.84. The van der Waals surface area contributed by atoms with E-state index >= 15 is 0 Å². The lowest BCUT2D eigenvalue weighted by Crippen LogP contribution is -1.95. The molecule has 13 heavy (non-hydrogen) atoms. The van der Waals surface area contributed by atoms with Crippen LogP contribution < -0.4 is 0 Å². The highest BCUT2D eigenvalue weighted by molar-refractivity contribution is 7.98. The molecule has 0 spiro atoms. The molecule has 1 rings (SSSR count). The van der Waals surface area contributed by atoms with Crippen molar-refractivity contribution in [3.8, 4) is 0 Å². The zero-order valence-electron chi connectivity index (χ0n) is 6.94. The minimum absolute atomic E-state index is 0.165. The van der Waals surface area contributed by atoms with Crippen LogP contribution in [-0.2, 0) is 0 Å². The van der Waals surface area contributed by atoms with Crippen molar-refractivity contribution in [2.24, 2.45) is 0 Å². The van der Waals surface area contributed by atoms with Crippen molar-refractivity contribution in [1.29, 1.82) is 0 Å². The summed E-state index contributed by atoms with van der Waals surface area (Å²) >= 11 is 1.42. The van der Waals surface area contributed by atoms with Crippen molar-refractivity contribution in [1.82, 2.24) is 0 Å². The van der Waals surface area contributed by atoms with Gasteiger partial charge in [0.1, 0.15) is 0 Å². The van der Waals surface area contributed by atoms with Gasteiger partial charge in [0.25, 0.3) is 0 Å². The molecule has 1 aromatic rings. The number of nitrogens with zero attached hydrogens (tertiary/aromatic N) is 1. The van der Waals surface area contributed by atoms with Gasteiger partial charge in [-0.3, -0.25) is 0 Å². The minimum Gasteiger partial charge on any atom is -0.478 e. The van der Waals surface area contributed by atoms with Crippen LogP contribution in [0.3, 0.4) is 0 Å². The van der Waals surface area contributed by atoms with Gasteiger partial charge in [-0.15, -0.1) is 11.8 Å². The Kier molecular flexibility index (Phi) is 2.93. The van der Waals surface area contributed by atoms with Gasteiger partial charge in [-0.1, -0.05) is 0 Å². The average Bonchev–Trinajstić information content (AvgIpc) is 2.16. The monoisotopic (exact) mass is 193 g/mol. The molecule has 0 aliphatic carbocycles. The summed E-state index contributed by atoms with van der Waals surface area (Å²) in [7, 11) is 0. The Morgan fingerprint density at radius 2 is 2.23 bits per heavy atom. The van der Waals surface area contributed by atoms with Gasteiger partial charge in [0.15, 0.2) is 5.69 Å². The van der Waals surface area contributed by atoms with E-state index in [1.807, 2.05) is 6.26 Å². The number of hydrogen-bond acceptors (Lipinski definition) is 2. The maximum Gasteiger partial charge on any atom is 0.334 e. The first-order valence-corrected chi connectivity index (χ1v) is 4.69. The molecule has 1 N–H and O–H groups in total. The lowest BCUT2D eigenvalue weighted by Gasteiger charge is -1.99. The molecular formula is C9H7NO2S. The average molecular weight is 193 g/mol.